The summed E-state index contributed by atoms with van der Waals surface area (Å²) in [6.07, 6.45) is 0.179. The lowest BCUT2D eigenvalue weighted by atomic mass is 9.98. The highest BCUT2D eigenvalue weighted by Crippen LogP contribution is 2.37. The molecule has 2 heterocycles. The predicted molar refractivity (Wildman–Crippen MR) is 148 cm³/mol. The molecular weight excluding hydrogens is 500 g/mol. The van der Waals surface area contributed by atoms with Gasteiger partial charge in [-0.15, -0.1) is 0 Å². The van der Waals surface area contributed by atoms with Crippen molar-refractivity contribution in [2.45, 2.75) is 25.5 Å². The van der Waals surface area contributed by atoms with E-state index in [-0.39, 0.29) is 30.5 Å². The minimum atomic E-state index is -0.449. The molecule has 38 heavy (non-hydrogen) atoms. The Morgan fingerprint density at radius 3 is 2.66 bits per heavy atom. The van der Waals surface area contributed by atoms with Crippen molar-refractivity contribution in [2.24, 2.45) is 11.8 Å². The summed E-state index contributed by atoms with van der Waals surface area (Å²) in [5.74, 6) is 0.200. The van der Waals surface area contributed by atoms with Crippen LogP contribution in [0.5, 0.6) is 0 Å². The Bertz CT molecular complexity index is 1620. The van der Waals surface area contributed by atoms with Crippen LogP contribution in [0.15, 0.2) is 84.9 Å². The first-order chi connectivity index (χ1) is 18.5. The fourth-order valence-corrected chi connectivity index (χ4v) is 5.65. The van der Waals surface area contributed by atoms with Crippen molar-refractivity contribution in [1.82, 2.24) is 14.6 Å². The second-order valence-electron chi connectivity index (χ2n) is 9.81. The van der Waals surface area contributed by atoms with Crippen LogP contribution in [0, 0.1) is 11.8 Å². The average Bonchev–Trinajstić information content (AvgIpc) is 3.49. The van der Waals surface area contributed by atoms with Crippen LogP contribution in [0.1, 0.15) is 23.7 Å². The van der Waals surface area contributed by atoms with Gasteiger partial charge < -0.3 is 15.2 Å². The lowest BCUT2D eigenvalue weighted by Gasteiger charge is -2.25. The number of hydrogen-bond donors (Lipinski definition) is 2. The van der Waals surface area contributed by atoms with Crippen molar-refractivity contribution in [3.8, 4) is 11.3 Å². The van der Waals surface area contributed by atoms with E-state index >= 15 is 0 Å². The molecule has 1 aliphatic carbocycles. The first-order valence-corrected chi connectivity index (χ1v) is 13.1. The molecular formula is C30H27ClN4O3. The fourth-order valence-electron chi connectivity index (χ4n) is 5.46. The zero-order valence-corrected chi connectivity index (χ0v) is 21.5. The molecule has 1 aliphatic rings. The second kappa shape index (κ2) is 10.1. The van der Waals surface area contributed by atoms with Crippen LogP contribution in [0.3, 0.4) is 0 Å². The van der Waals surface area contributed by atoms with E-state index in [1.807, 2.05) is 55.5 Å². The van der Waals surface area contributed by atoms with Gasteiger partial charge in [0.1, 0.15) is 17.1 Å². The van der Waals surface area contributed by atoms with Crippen LogP contribution in [-0.4, -0.2) is 44.4 Å². The third-order valence-corrected chi connectivity index (χ3v) is 7.69. The minimum absolute atomic E-state index is 0.0121. The number of fused-ring (bicyclic) bond motifs is 2. The molecule has 0 amide bonds. The zero-order chi connectivity index (χ0) is 26.2. The highest BCUT2D eigenvalue weighted by molar-refractivity contribution is 6.29. The summed E-state index contributed by atoms with van der Waals surface area (Å²) in [7, 11) is 0. The van der Waals surface area contributed by atoms with E-state index in [0.717, 1.165) is 22.0 Å². The summed E-state index contributed by atoms with van der Waals surface area (Å²) in [5, 5.41) is 21.0. The predicted octanol–water partition coefficient (Wildman–Crippen LogP) is 5.86. The standard InChI is InChI=1S/C30H27ClN4O3/c1-18-21(17-36)14-25(29(18)38-30(37)20-9-3-2-4-10-20)32-28-16-26(31)33-27-15-24(34-35(27)28)23-13-7-11-19-8-5-6-12-22(19)23/h2-13,15-16,18,21,25,29,32,36H,14,17H2,1H3/t18-,21-,25-,29?/m1/s1. The topological polar surface area (TPSA) is 88.8 Å². The van der Waals surface area contributed by atoms with Crippen molar-refractivity contribution >= 4 is 39.8 Å². The molecule has 3 aromatic carbocycles. The molecule has 0 bridgehead atoms. The third kappa shape index (κ3) is 4.48. The highest BCUT2D eigenvalue weighted by Gasteiger charge is 2.43. The van der Waals surface area contributed by atoms with Gasteiger partial charge in [0, 0.05) is 30.2 Å². The Kier molecular flexibility index (Phi) is 6.47. The maximum absolute atomic E-state index is 12.9. The average molecular weight is 527 g/mol. The molecule has 7 nitrogen and oxygen atoms in total. The number of rotatable bonds is 6. The lowest BCUT2D eigenvalue weighted by molar-refractivity contribution is 0.0154. The molecule has 1 saturated carbocycles. The van der Waals surface area contributed by atoms with Gasteiger partial charge in [-0.25, -0.2) is 9.78 Å². The number of esters is 1. The molecule has 6 rings (SSSR count). The molecule has 4 atom stereocenters. The Morgan fingerprint density at radius 2 is 1.84 bits per heavy atom. The number of carbonyl (C=O) groups is 1. The molecule has 0 spiro atoms. The van der Waals surface area contributed by atoms with Gasteiger partial charge in [-0.05, 0) is 35.2 Å². The van der Waals surface area contributed by atoms with Gasteiger partial charge in [0.05, 0.1) is 17.3 Å². The molecule has 0 radical (unpaired) electrons. The van der Waals surface area contributed by atoms with E-state index in [4.69, 9.17) is 21.4 Å². The van der Waals surface area contributed by atoms with E-state index in [0.29, 0.717) is 28.6 Å². The molecule has 0 aliphatic heterocycles. The molecule has 0 saturated heterocycles. The number of carbonyl (C=O) groups excluding carboxylic acids is 1. The van der Waals surface area contributed by atoms with Crippen LogP contribution in [0.4, 0.5) is 5.82 Å². The number of benzene rings is 3. The SMILES string of the molecule is C[C@H]1C(OC(=O)c2ccccc2)[C@H](Nc2cc(Cl)nc3cc(-c4cccc5ccccc45)nn23)C[C@@H]1CO. The normalized spacial score (nSPS) is 21.1. The van der Waals surface area contributed by atoms with Crippen LogP contribution < -0.4 is 5.32 Å². The molecule has 192 valence electrons. The van der Waals surface area contributed by atoms with Gasteiger partial charge >= 0.3 is 5.97 Å². The molecule has 8 heteroatoms. The number of aliphatic hydroxyl groups excluding tert-OH is 1. The molecule has 1 fully saturated rings. The van der Waals surface area contributed by atoms with Crippen LogP contribution in [-0.2, 0) is 4.74 Å². The van der Waals surface area contributed by atoms with Crippen molar-refractivity contribution < 1.29 is 14.6 Å². The number of nitrogens with zero attached hydrogens (tertiary/aromatic N) is 3. The van der Waals surface area contributed by atoms with Crippen molar-refractivity contribution in [3.63, 3.8) is 0 Å². The van der Waals surface area contributed by atoms with Crippen molar-refractivity contribution in [1.29, 1.82) is 0 Å². The zero-order valence-electron chi connectivity index (χ0n) is 20.8. The number of halogens is 1. The number of aliphatic hydroxyl groups is 1. The Morgan fingerprint density at radius 1 is 1.08 bits per heavy atom. The summed E-state index contributed by atoms with van der Waals surface area (Å²) in [5.41, 5.74) is 2.87. The number of aromatic nitrogens is 3. The molecule has 5 aromatic rings. The van der Waals surface area contributed by atoms with Gasteiger partial charge in [0.2, 0.25) is 0 Å². The van der Waals surface area contributed by atoms with E-state index in [1.54, 1.807) is 22.7 Å². The molecule has 2 N–H and O–H groups in total. The van der Waals surface area contributed by atoms with Gasteiger partial charge in [-0.1, -0.05) is 79.2 Å². The third-order valence-electron chi connectivity index (χ3n) is 7.50. The number of nitrogens with one attached hydrogen (secondary N) is 1. The van der Waals surface area contributed by atoms with Crippen LogP contribution in [0.25, 0.3) is 27.7 Å². The second-order valence-corrected chi connectivity index (χ2v) is 10.2. The largest absolute Gasteiger partial charge is 0.456 e. The number of anilines is 1. The first-order valence-electron chi connectivity index (χ1n) is 12.7. The number of ether oxygens (including phenoxy) is 1. The van der Waals surface area contributed by atoms with Crippen molar-refractivity contribution in [2.75, 3.05) is 11.9 Å². The minimum Gasteiger partial charge on any atom is -0.456 e. The number of hydrogen-bond acceptors (Lipinski definition) is 6. The summed E-state index contributed by atoms with van der Waals surface area (Å²) in [6.45, 7) is 2.02. The summed E-state index contributed by atoms with van der Waals surface area (Å²) in [4.78, 5) is 17.4. The van der Waals surface area contributed by atoms with Gasteiger partial charge in [-0.2, -0.15) is 9.61 Å². The molecule has 1 unspecified atom stereocenters. The van der Waals surface area contributed by atoms with E-state index in [2.05, 4.69) is 28.5 Å². The monoisotopic (exact) mass is 526 g/mol. The first kappa shape index (κ1) is 24.4. The van der Waals surface area contributed by atoms with Crippen LogP contribution >= 0.6 is 11.6 Å². The summed E-state index contributed by atoms with van der Waals surface area (Å²) in [6, 6.07) is 26.7. The summed E-state index contributed by atoms with van der Waals surface area (Å²) >= 11 is 6.43. The quantitative estimate of drug-likeness (QED) is 0.213. The van der Waals surface area contributed by atoms with E-state index in [1.165, 1.54) is 0 Å². The van der Waals surface area contributed by atoms with Crippen molar-refractivity contribution in [3.05, 3.63) is 95.6 Å². The van der Waals surface area contributed by atoms with Gasteiger partial charge in [-0.3, -0.25) is 0 Å². The fraction of sp³-hybridized carbons (Fsp3) is 0.233. The Labute approximate surface area is 225 Å². The Balaban J connectivity index is 1.35. The maximum Gasteiger partial charge on any atom is 0.338 e. The Hall–Kier alpha value is -3.94. The van der Waals surface area contributed by atoms with Gasteiger partial charge in [0.25, 0.3) is 0 Å². The lowest BCUT2D eigenvalue weighted by Crippen LogP contribution is -2.36. The summed E-state index contributed by atoms with van der Waals surface area (Å²) < 4.78 is 7.73. The van der Waals surface area contributed by atoms with Gasteiger partial charge in [0.15, 0.2) is 5.65 Å². The van der Waals surface area contributed by atoms with Crippen LogP contribution in [0.2, 0.25) is 5.15 Å². The van der Waals surface area contributed by atoms with E-state index in [9.17, 15) is 9.90 Å². The maximum atomic E-state index is 12.9. The smallest absolute Gasteiger partial charge is 0.338 e. The molecule has 2 aromatic heterocycles. The highest BCUT2D eigenvalue weighted by atomic mass is 35.5. The van der Waals surface area contributed by atoms with E-state index < -0.39 is 6.10 Å².